The fourth-order valence-corrected chi connectivity index (χ4v) is 3.14. The molecule has 1 aromatic carbocycles. The minimum atomic E-state index is 0.368. The number of rotatable bonds is 2. The van der Waals surface area contributed by atoms with Crippen LogP contribution in [0.4, 0.5) is 5.69 Å². The van der Waals surface area contributed by atoms with Crippen LogP contribution in [0.2, 0.25) is 5.02 Å². The molecule has 0 bridgehead atoms. The summed E-state index contributed by atoms with van der Waals surface area (Å²) in [6, 6.07) is 5.90. The predicted molar refractivity (Wildman–Crippen MR) is 95.2 cm³/mol. The molecule has 2 aliphatic heterocycles. The van der Waals surface area contributed by atoms with Crippen LogP contribution in [0, 0.1) is 5.92 Å². The monoisotopic (exact) mass is 310 g/mol. The Balaban J connectivity index is 2.30. The summed E-state index contributed by atoms with van der Waals surface area (Å²) in [6.07, 6.45) is 8.23. The molecule has 112 valence electrons. The van der Waals surface area contributed by atoms with Crippen molar-refractivity contribution in [2.24, 2.45) is 10.9 Å². The van der Waals surface area contributed by atoms with E-state index in [4.69, 9.17) is 16.6 Å². The van der Waals surface area contributed by atoms with Gasteiger partial charge in [-0.1, -0.05) is 56.3 Å². The van der Waals surface area contributed by atoms with Crippen molar-refractivity contribution in [1.82, 2.24) is 4.90 Å². The molecular formula is C19H19ClN2. The van der Waals surface area contributed by atoms with E-state index in [9.17, 15) is 0 Å². The van der Waals surface area contributed by atoms with Gasteiger partial charge in [0.2, 0.25) is 0 Å². The highest BCUT2D eigenvalue weighted by Crippen LogP contribution is 2.43. The number of nitrogens with zero attached hydrogens (tertiary/aromatic N) is 2. The summed E-state index contributed by atoms with van der Waals surface area (Å²) in [5, 5.41) is 0.676. The Morgan fingerprint density at radius 3 is 2.82 bits per heavy atom. The van der Waals surface area contributed by atoms with Crippen LogP contribution >= 0.6 is 11.6 Å². The van der Waals surface area contributed by atoms with Crippen LogP contribution in [-0.4, -0.2) is 10.7 Å². The number of allylic oxidation sites excluding steroid dienone is 4. The number of fused-ring (bicyclic) bond motifs is 3. The largest absolute Gasteiger partial charge is 0.295 e. The van der Waals surface area contributed by atoms with Crippen LogP contribution in [-0.2, 0) is 0 Å². The number of benzene rings is 1. The zero-order valence-corrected chi connectivity index (χ0v) is 13.9. The number of hydrogen-bond donors (Lipinski definition) is 0. The van der Waals surface area contributed by atoms with Crippen LogP contribution in [0.3, 0.4) is 0 Å². The van der Waals surface area contributed by atoms with Gasteiger partial charge in [0.05, 0.1) is 16.4 Å². The van der Waals surface area contributed by atoms with Gasteiger partial charge in [-0.25, -0.2) is 4.99 Å². The Labute approximate surface area is 136 Å². The molecule has 2 aliphatic rings. The summed E-state index contributed by atoms with van der Waals surface area (Å²) in [7, 11) is 0. The molecule has 0 fully saturated rings. The molecule has 0 unspecified atom stereocenters. The zero-order chi connectivity index (χ0) is 15.9. The van der Waals surface area contributed by atoms with E-state index in [0.29, 0.717) is 10.9 Å². The van der Waals surface area contributed by atoms with E-state index < -0.39 is 0 Å². The van der Waals surface area contributed by atoms with E-state index in [0.717, 1.165) is 28.5 Å². The van der Waals surface area contributed by atoms with Crippen molar-refractivity contribution in [2.75, 3.05) is 0 Å². The maximum Gasteiger partial charge on any atom is 0.141 e. The molecule has 22 heavy (non-hydrogen) atoms. The summed E-state index contributed by atoms with van der Waals surface area (Å²) in [6.45, 7) is 10.6. The molecule has 0 N–H and O–H groups in total. The van der Waals surface area contributed by atoms with Crippen LogP contribution in [0.15, 0.2) is 65.3 Å². The highest BCUT2D eigenvalue weighted by Gasteiger charge is 2.30. The van der Waals surface area contributed by atoms with Gasteiger partial charge < -0.3 is 0 Å². The maximum atomic E-state index is 6.39. The van der Waals surface area contributed by atoms with E-state index in [1.807, 2.05) is 31.2 Å². The molecule has 0 spiro atoms. The first kappa shape index (κ1) is 14.9. The summed E-state index contributed by atoms with van der Waals surface area (Å²) in [5.41, 5.74) is 5.07. The fraction of sp³-hybridized carbons (Fsp3) is 0.211. The third-order valence-electron chi connectivity index (χ3n) is 3.95. The Morgan fingerprint density at radius 1 is 1.36 bits per heavy atom. The van der Waals surface area contributed by atoms with E-state index in [-0.39, 0.29) is 0 Å². The van der Waals surface area contributed by atoms with Gasteiger partial charge in [0.25, 0.3) is 0 Å². The van der Waals surface area contributed by atoms with Gasteiger partial charge in [0.1, 0.15) is 5.84 Å². The molecule has 0 radical (unpaired) electrons. The molecular weight excluding hydrogens is 292 g/mol. The first-order valence-electron chi connectivity index (χ1n) is 7.46. The molecule has 0 saturated heterocycles. The van der Waals surface area contributed by atoms with Gasteiger partial charge in [-0.05, 0) is 36.6 Å². The number of halogens is 1. The quantitative estimate of drug-likeness (QED) is 0.683. The Bertz CT molecular complexity index is 764. The second-order valence-corrected chi connectivity index (χ2v) is 6.12. The van der Waals surface area contributed by atoms with Crippen LogP contribution in [0.25, 0.3) is 5.70 Å². The smallest absolute Gasteiger partial charge is 0.141 e. The first-order chi connectivity index (χ1) is 10.5. The summed E-state index contributed by atoms with van der Waals surface area (Å²) < 4.78 is 0. The minimum Gasteiger partial charge on any atom is -0.295 e. The van der Waals surface area contributed by atoms with Crippen LogP contribution in [0.1, 0.15) is 26.3 Å². The summed E-state index contributed by atoms with van der Waals surface area (Å²) in [5.74, 6) is 1.28. The van der Waals surface area contributed by atoms with Crippen molar-refractivity contribution in [3.63, 3.8) is 0 Å². The Hall–Kier alpha value is -2.06. The molecule has 0 aromatic heterocycles. The third kappa shape index (κ3) is 2.24. The minimum absolute atomic E-state index is 0.368. The molecule has 1 aromatic rings. The van der Waals surface area contributed by atoms with Crippen molar-refractivity contribution in [3.05, 3.63) is 70.9 Å². The van der Waals surface area contributed by atoms with Crippen LogP contribution in [0.5, 0.6) is 0 Å². The SMILES string of the molecule is C=C1C=CC=C2c3cccc(Cl)c3N=C(C(=CC)C(C)C)N12. The standard InChI is InChI=1S/C19H19ClN2/c1-5-14(12(2)3)19-21-18-15(9-7-10-16(18)20)17-11-6-8-13(4)22(17)19/h5-12H,4H2,1-3H3. The molecule has 0 amide bonds. The molecule has 3 rings (SSSR count). The topological polar surface area (TPSA) is 15.6 Å². The number of para-hydroxylation sites is 1. The highest BCUT2D eigenvalue weighted by atomic mass is 35.5. The normalized spacial score (nSPS) is 17.2. The molecule has 0 atom stereocenters. The van der Waals surface area contributed by atoms with Gasteiger partial charge in [-0.15, -0.1) is 0 Å². The van der Waals surface area contributed by atoms with Gasteiger partial charge in [0.15, 0.2) is 0 Å². The average molecular weight is 311 g/mol. The van der Waals surface area contributed by atoms with Gasteiger partial charge in [0, 0.05) is 11.3 Å². The molecule has 0 aliphatic carbocycles. The van der Waals surface area contributed by atoms with Crippen molar-refractivity contribution >= 4 is 28.8 Å². The van der Waals surface area contributed by atoms with Gasteiger partial charge >= 0.3 is 0 Å². The lowest BCUT2D eigenvalue weighted by atomic mass is 9.95. The van der Waals surface area contributed by atoms with Crippen LogP contribution < -0.4 is 0 Å². The fourth-order valence-electron chi connectivity index (χ4n) is 2.92. The Kier molecular flexibility index (Phi) is 3.79. The summed E-state index contributed by atoms with van der Waals surface area (Å²) >= 11 is 6.39. The molecule has 2 heterocycles. The van der Waals surface area contributed by atoms with Crippen molar-refractivity contribution in [1.29, 1.82) is 0 Å². The average Bonchev–Trinajstić information content (AvgIpc) is 2.48. The lowest BCUT2D eigenvalue weighted by Gasteiger charge is -2.36. The summed E-state index contributed by atoms with van der Waals surface area (Å²) in [4.78, 5) is 7.00. The second-order valence-electron chi connectivity index (χ2n) is 5.71. The zero-order valence-electron chi connectivity index (χ0n) is 13.1. The van der Waals surface area contributed by atoms with E-state index in [2.05, 4.69) is 43.5 Å². The van der Waals surface area contributed by atoms with Gasteiger partial charge in [-0.3, -0.25) is 4.90 Å². The molecule has 0 saturated carbocycles. The highest BCUT2D eigenvalue weighted by molar-refractivity contribution is 6.34. The number of amidine groups is 1. The lowest BCUT2D eigenvalue weighted by Crippen LogP contribution is -2.34. The van der Waals surface area contributed by atoms with Crippen molar-refractivity contribution in [2.45, 2.75) is 20.8 Å². The van der Waals surface area contributed by atoms with Crippen molar-refractivity contribution < 1.29 is 0 Å². The maximum absolute atomic E-state index is 6.39. The number of aliphatic imine (C=N–C) groups is 1. The molecule has 2 nitrogen and oxygen atoms in total. The predicted octanol–water partition coefficient (Wildman–Crippen LogP) is 5.71. The number of hydrogen-bond acceptors (Lipinski definition) is 2. The molecule has 3 heteroatoms. The van der Waals surface area contributed by atoms with E-state index in [1.165, 1.54) is 5.57 Å². The third-order valence-corrected chi connectivity index (χ3v) is 4.26. The van der Waals surface area contributed by atoms with E-state index >= 15 is 0 Å². The second kappa shape index (κ2) is 5.62. The lowest BCUT2D eigenvalue weighted by molar-refractivity contribution is 0.698. The van der Waals surface area contributed by atoms with E-state index in [1.54, 1.807) is 0 Å². The van der Waals surface area contributed by atoms with Gasteiger partial charge in [-0.2, -0.15) is 0 Å². The Morgan fingerprint density at radius 2 is 2.14 bits per heavy atom. The van der Waals surface area contributed by atoms with Crippen molar-refractivity contribution in [3.8, 4) is 0 Å². The first-order valence-corrected chi connectivity index (χ1v) is 7.84.